The lowest BCUT2D eigenvalue weighted by atomic mass is 10.1. The molecule has 0 radical (unpaired) electrons. The molecule has 0 unspecified atom stereocenters. The summed E-state index contributed by atoms with van der Waals surface area (Å²) in [6, 6.07) is 4.44. The van der Waals surface area contributed by atoms with Crippen molar-refractivity contribution in [2.24, 2.45) is 4.99 Å². The van der Waals surface area contributed by atoms with Crippen molar-refractivity contribution < 1.29 is 27.0 Å². The molecule has 0 fully saturated rings. The molecule has 0 saturated carbocycles. The van der Waals surface area contributed by atoms with Gasteiger partial charge in [0.1, 0.15) is 4.90 Å². The number of benzene rings is 1. The Kier molecular flexibility index (Phi) is 5.88. The van der Waals surface area contributed by atoms with Crippen LogP contribution in [0.5, 0.6) is 5.88 Å². The van der Waals surface area contributed by atoms with Gasteiger partial charge in [0.05, 0.1) is 0 Å². The fourth-order valence-corrected chi connectivity index (χ4v) is 4.00. The molecule has 1 amide bonds. The molecule has 0 aliphatic rings. The van der Waals surface area contributed by atoms with Crippen LogP contribution >= 0.6 is 0 Å². The quantitative estimate of drug-likeness (QED) is 0.724. The first-order chi connectivity index (χ1) is 12.9. The average Bonchev–Trinajstić information content (AvgIpc) is 2.48. The van der Waals surface area contributed by atoms with E-state index < -0.39 is 33.8 Å². The van der Waals surface area contributed by atoms with E-state index in [-0.39, 0.29) is 10.4 Å². The normalized spacial score (nSPS) is 12.0. The number of nitrogen functional groups attached to an aromatic ring is 1. The monoisotopic (exact) mass is 408 g/mol. The molecule has 28 heavy (non-hydrogen) atoms. The second kappa shape index (κ2) is 7.80. The molecule has 1 aromatic heterocycles. The minimum Gasteiger partial charge on any atom is -0.367 e. The molecule has 150 valence electrons. The third kappa shape index (κ3) is 4.74. The number of anilines is 1. The van der Waals surface area contributed by atoms with E-state index in [1.165, 1.54) is 0 Å². The molecule has 0 atom stereocenters. The summed E-state index contributed by atoms with van der Waals surface area (Å²) >= 11 is 0. The molecule has 2 rings (SSSR count). The van der Waals surface area contributed by atoms with Crippen molar-refractivity contribution in [1.82, 2.24) is 9.71 Å². The van der Waals surface area contributed by atoms with Crippen LogP contribution < -0.4 is 20.2 Å². The lowest BCUT2D eigenvalue weighted by Crippen LogP contribution is -2.34. The largest absolute Gasteiger partial charge is 0.367 e. The zero-order valence-corrected chi connectivity index (χ0v) is 16.8. The fraction of sp³-hybridized carbons (Fsp3) is 0.294. The van der Waals surface area contributed by atoms with Crippen LogP contribution in [0.15, 0.2) is 28.1 Å². The van der Waals surface area contributed by atoms with Crippen molar-refractivity contribution in [3.8, 4) is 5.88 Å². The van der Waals surface area contributed by atoms with Gasteiger partial charge in [-0.15, -0.1) is 4.73 Å². The van der Waals surface area contributed by atoms with Gasteiger partial charge in [0.15, 0.2) is 5.49 Å². The van der Waals surface area contributed by atoms with Gasteiger partial charge in [-0.3, -0.25) is 4.79 Å². The first-order valence-corrected chi connectivity index (χ1v) is 9.47. The fourth-order valence-electron chi connectivity index (χ4n) is 2.70. The highest BCUT2D eigenvalue weighted by atomic mass is 32.2. The van der Waals surface area contributed by atoms with E-state index >= 15 is 0 Å². The molecular formula is C17H20N4O6S. The predicted molar refractivity (Wildman–Crippen MR) is 98.6 cm³/mol. The maximum Gasteiger partial charge on any atom is 0.341 e. The number of rotatable bonds is 4. The van der Waals surface area contributed by atoms with Crippen molar-refractivity contribution in [2.75, 3.05) is 5.73 Å². The number of hydrogen-bond acceptors (Lipinski definition) is 8. The van der Waals surface area contributed by atoms with E-state index in [1.54, 1.807) is 26.0 Å². The van der Waals surface area contributed by atoms with E-state index in [4.69, 9.17) is 14.8 Å². The van der Waals surface area contributed by atoms with Gasteiger partial charge in [-0.1, -0.05) is 17.7 Å². The van der Waals surface area contributed by atoms with E-state index in [1.807, 2.05) is 6.92 Å². The number of aryl methyl sites for hydroxylation is 3. The maximum atomic E-state index is 12.8. The molecule has 0 bridgehead atoms. The highest BCUT2D eigenvalue weighted by Gasteiger charge is 2.24. The predicted octanol–water partition coefficient (Wildman–Crippen LogP) is 0.581. The van der Waals surface area contributed by atoms with Crippen LogP contribution in [-0.2, 0) is 19.7 Å². The third-order valence-electron chi connectivity index (χ3n) is 3.44. The maximum absolute atomic E-state index is 12.8. The average molecular weight is 408 g/mol. The number of hydrogen-bond donors (Lipinski definition) is 1. The summed E-state index contributed by atoms with van der Waals surface area (Å²) in [6.07, 6.45) is 0. The van der Waals surface area contributed by atoms with Gasteiger partial charge in [-0.2, -0.15) is 18.4 Å². The van der Waals surface area contributed by atoms with Gasteiger partial charge in [0, 0.05) is 19.9 Å². The third-order valence-corrected chi connectivity index (χ3v) is 4.97. The summed E-state index contributed by atoms with van der Waals surface area (Å²) in [4.78, 5) is 34.8. The van der Waals surface area contributed by atoms with E-state index in [2.05, 4.69) is 9.98 Å². The summed E-state index contributed by atoms with van der Waals surface area (Å²) in [6.45, 7) is 7.41. The minimum atomic E-state index is -4.25. The lowest BCUT2D eigenvalue weighted by molar-refractivity contribution is -0.142. The molecule has 1 aromatic carbocycles. The van der Waals surface area contributed by atoms with Gasteiger partial charge in [0.25, 0.3) is 0 Å². The standard InChI is InChI=1S/C17H20N4O6S/c1-9-6-10(2)16(11(3)7-9)28(24,25)27-15-8-14(19-12(4)22)21(17(18)20-15)26-13(5)23/h6-8H,1-5H3,(H2,18,20). The Morgan fingerprint density at radius 3 is 2.18 bits per heavy atom. The van der Waals surface area contributed by atoms with Gasteiger partial charge in [-0.25, -0.2) is 4.79 Å². The number of aromatic nitrogens is 2. The van der Waals surface area contributed by atoms with E-state index in [0.717, 1.165) is 25.5 Å². The molecular weight excluding hydrogens is 388 g/mol. The molecule has 2 aromatic rings. The SMILES string of the molecule is CC(=O)N=c1cc(OS(=O)(=O)c2c(C)cc(C)cc2C)nc(N)n1OC(C)=O. The summed E-state index contributed by atoms with van der Waals surface area (Å²) in [5, 5.41) is 0. The van der Waals surface area contributed by atoms with E-state index in [0.29, 0.717) is 15.9 Å². The van der Waals surface area contributed by atoms with Gasteiger partial charge < -0.3 is 14.8 Å². The molecule has 0 aliphatic carbocycles. The molecule has 11 heteroatoms. The molecule has 10 nitrogen and oxygen atoms in total. The summed E-state index contributed by atoms with van der Waals surface area (Å²) in [5.41, 5.74) is 7.37. The summed E-state index contributed by atoms with van der Waals surface area (Å²) < 4.78 is 31.3. The lowest BCUT2D eigenvalue weighted by Gasteiger charge is -2.14. The van der Waals surface area contributed by atoms with Crippen LogP contribution in [0.3, 0.4) is 0 Å². The number of nitrogens with zero attached hydrogens (tertiary/aromatic N) is 3. The Morgan fingerprint density at radius 2 is 1.68 bits per heavy atom. The zero-order chi connectivity index (χ0) is 21.2. The highest BCUT2D eigenvalue weighted by Crippen LogP contribution is 2.24. The molecule has 1 heterocycles. The molecule has 0 saturated heterocycles. The van der Waals surface area contributed by atoms with Crippen molar-refractivity contribution >= 4 is 27.9 Å². The van der Waals surface area contributed by atoms with Crippen LogP contribution in [0.25, 0.3) is 0 Å². The van der Waals surface area contributed by atoms with Crippen molar-refractivity contribution in [1.29, 1.82) is 0 Å². The van der Waals surface area contributed by atoms with Crippen molar-refractivity contribution in [3.05, 3.63) is 40.4 Å². The minimum absolute atomic E-state index is 0.000226. The number of amides is 1. The van der Waals surface area contributed by atoms with Crippen molar-refractivity contribution in [2.45, 2.75) is 39.5 Å². The highest BCUT2D eigenvalue weighted by molar-refractivity contribution is 7.87. The first kappa shape index (κ1) is 21.1. The smallest absolute Gasteiger partial charge is 0.341 e. The Labute approximate surface area is 161 Å². The van der Waals surface area contributed by atoms with Crippen LogP contribution in [0.1, 0.15) is 30.5 Å². The van der Waals surface area contributed by atoms with Crippen LogP contribution in [0.2, 0.25) is 0 Å². The molecule has 0 aliphatic heterocycles. The Balaban J connectivity index is 2.59. The van der Waals surface area contributed by atoms with Gasteiger partial charge in [-0.05, 0) is 31.9 Å². The number of carbonyl (C=O) groups excluding carboxylic acids is 2. The zero-order valence-electron chi connectivity index (χ0n) is 16.0. The number of nitrogens with two attached hydrogens (primary N) is 1. The topological polar surface area (TPSA) is 143 Å². The molecule has 0 spiro atoms. The van der Waals surface area contributed by atoms with Crippen LogP contribution in [0.4, 0.5) is 5.95 Å². The van der Waals surface area contributed by atoms with Gasteiger partial charge >= 0.3 is 16.1 Å². The van der Waals surface area contributed by atoms with Gasteiger partial charge in [0.2, 0.25) is 17.7 Å². The van der Waals surface area contributed by atoms with Crippen LogP contribution in [-0.4, -0.2) is 30.0 Å². The van der Waals surface area contributed by atoms with Crippen LogP contribution in [0, 0.1) is 20.8 Å². The Hall–Kier alpha value is -3.21. The molecule has 2 N–H and O–H groups in total. The second-order valence-corrected chi connectivity index (χ2v) is 7.57. The second-order valence-electron chi connectivity index (χ2n) is 6.08. The van der Waals surface area contributed by atoms with E-state index in [9.17, 15) is 18.0 Å². The van der Waals surface area contributed by atoms with Crippen molar-refractivity contribution in [3.63, 3.8) is 0 Å². The Morgan fingerprint density at radius 1 is 1.11 bits per heavy atom. The first-order valence-electron chi connectivity index (χ1n) is 8.07. The Bertz CT molecular complexity index is 1110. The summed E-state index contributed by atoms with van der Waals surface area (Å²) in [5.74, 6) is -2.24. The summed E-state index contributed by atoms with van der Waals surface area (Å²) in [7, 11) is -4.25. The number of carbonyl (C=O) groups is 2.